The highest BCUT2D eigenvalue weighted by molar-refractivity contribution is 14.1. The highest BCUT2D eigenvalue weighted by Crippen LogP contribution is 2.32. The molecule has 8 nitrogen and oxygen atoms in total. The van der Waals surface area contributed by atoms with Gasteiger partial charge in [0.15, 0.2) is 0 Å². The molecule has 1 amide bonds. The number of benzene rings is 2. The summed E-state index contributed by atoms with van der Waals surface area (Å²) in [4.78, 5) is 37.9. The SMILES string of the molecule is C=CCn1nc(-c2cccc(NC(C)=O)c2)c2c(c(Nc3ccc(I)cc3F)c(F)c(=O)n2C)c1=O. The monoisotopic (exact) mass is 603 g/mol. The van der Waals surface area contributed by atoms with E-state index in [0.29, 0.717) is 14.8 Å². The number of fused-ring (bicyclic) bond motifs is 1. The predicted molar refractivity (Wildman–Crippen MR) is 144 cm³/mol. The third-order valence-electron chi connectivity index (χ3n) is 5.38. The smallest absolute Gasteiger partial charge is 0.289 e. The normalized spacial score (nSPS) is 10.9. The van der Waals surface area contributed by atoms with E-state index in [4.69, 9.17) is 0 Å². The summed E-state index contributed by atoms with van der Waals surface area (Å²) in [6.45, 7) is 5.00. The first-order valence-corrected chi connectivity index (χ1v) is 11.7. The van der Waals surface area contributed by atoms with Crippen LogP contribution in [0.1, 0.15) is 6.92 Å². The molecule has 0 radical (unpaired) electrons. The van der Waals surface area contributed by atoms with Gasteiger partial charge in [0.2, 0.25) is 11.7 Å². The van der Waals surface area contributed by atoms with Crippen LogP contribution in [0.25, 0.3) is 22.2 Å². The molecule has 2 aromatic carbocycles. The number of carbonyl (C=O) groups excluding carboxylic acids is 1. The molecular formula is C25H20F2IN5O3. The van der Waals surface area contributed by atoms with Crippen LogP contribution in [0.2, 0.25) is 0 Å². The van der Waals surface area contributed by atoms with Crippen LogP contribution in [0.15, 0.2) is 64.7 Å². The first-order chi connectivity index (χ1) is 17.1. The van der Waals surface area contributed by atoms with Crippen molar-refractivity contribution >= 4 is 56.5 Å². The van der Waals surface area contributed by atoms with E-state index in [9.17, 15) is 18.8 Å². The Labute approximate surface area is 217 Å². The lowest BCUT2D eigenvalue weighted by molar-refractivity contribution is -0.114. The minimum Gasteiger partial charge on any atom is -0.350 e. The summed E-state index contributed by atoms with van der Waals surface area (Å²) in [5, 5.41) is 9.52. The number of hydrogen-bond donors (Lipinski definition) is 2. The fourth-order valence-electron chi connectivity index (χ4n) is 3.81. The predicted octanol–water partition coefficient (Wildman–Crippen LogP) is 4.53. The summed E-state index contributed by atoms with van der Waals surface area (Å²) in [6, 6.07) is 10.9. The van der Waals surface area contributed by atoms with Crippen molar-refractivity contribution < 1.29 is 13.6 Å². The number of nitrogens with zero attached hydrogens (tertiary/aromatic N) is 3. The molecule has 4 aromatic rings. The zero-order chi connectivity index (χ0) is 26.1. The van der Waals surface area contributed by atoms with Crippen molar-refractivity contribution in [1.29, 1.82) is 0 Å². The number of rotatable bonds is 6. The maximum atomic E-state index is 15.4. The number of carbonyl (C=O) groups is 1. The maximum Gasteiger partial charge on any atom is 0.289 e. The van der Waals surface area contributed by atoms with Gasteiger partial charge in [-0.1, -0.05) is 18.2 Å². The average Bonchev–Trinajstić information content (AvgIpc) is 2.82. The summed E-state index contributed by atoms with van der Waals surface area (Å²) >= 11 is 1.93. The largest absolute Gasteiger partial charge is 0.350 e. The number of nitrogens with one attached hydrogen (secondary N) is 2. The zero-order valence-corrected chi connectivity index (χ0v) is 21.4. The maximum absolute atomic E-state index is 15.4. The van der Waals surface area contributed by atoms with Crippen LogP contribution in [0.5, 0.6) is 0 Å². The highest BCUT2D eigenvalue weighted by atomic mass is 127. The molecule has 0 saturated carbocycles. The van der Waals surface area contributed by atoms with Crippen molar-refractivity contribution in [3.63, 3.8) is 0 Å². The van der Waals surface area contributed by atoms with E-state index < -0.39 is 28.4 Å². The highest BCUT2D eigenvalue weighted by Gasteiger charge is 2.24. The number of allylic oxidation sites excluding steroid dienone is 1. The molecule has 0 saturated heterocycles. The lowest BCUT2D eigenvalue weighted by atomic mass is 10.1. The molecule has 36 heavy (non-hydrogen) atoms. The van der Waals surface area contributed by atoms with E-state index in [0.717, 1.165) is 9.25 Å². The first kappa shape index (κ1) is 25.2. The van der Waals surface area contributed by atoms with Crippen molar-refractivity contribution in [3.8, 4) is 11.3 Å². The van der Waals surface area contributed by atoms with Gasteiger partial charge in [-0.05, 0) is 52.9 Å². The van der Waals surface area contributed by atoms with Crippen LogP contribution in [0, 0.1) is 15.2 Å². The molecule has 4 rings (SSSR count). The molecule has 184 valence electrons. The van der Waals surface area contributed by atoms with Gasteiger partial charge >= 0.3 is 0 Å². The van der Waals surface area contributed by atoms with Crippen LogP contribution in [0.4, 0.5) is 25.8 Å². The minimum absolute atomic E-state index is 0.00501. The minimum atomic E-state index is -1.24. The topological polar surface area (TPSA) is 98.0 Å². The Morgan fingerprint density at radius 2 is 1.92 bits per heavy atom. The number of aromatic nitrogens is 3. The summed E-state index contributed by atoms with van der Waals surface area (Å²) < 4.78 is 32.7. The molecule has 2 heterocycles. The fraction of sp³-hybridized carbons (Fsp3) is 0.120. The third-order valence-corrected chi connectivity index (χ3v) is 6.05. The van der Waals surface area contributed by atoms with Gasteiger partial charge in [-0.25, -0.2) is 9.07 Å². The van der Waals surface area contributed by atoms with Crippen molar-refractivity contribution in [2.45, 2.75) is 13.5 Å². The molecule has 0 fully saturated rings. The van der Waals surface area contributed by atoms with Gasteiger partial charge in [0, 0.05) is 28.8 Å². The number of pyridine rings is 1. The van der Waals surface area contributed by atoms with E-state index in [2.05, 4.69) is 22.3 Å². The number of hydrogen-bond acceptors (Lipinski definition) is 5. The molecule has 0 bridgehead atoms. The Morgan fingerprint density at radius 3 is 2.58 bits per heavy atom. The molecule has 0 spiro atoms. The van der Waals surface area contributed by atoms with Crippen LogP contribution in [-0.2, 0) is 18.4 Å². The lowest BCUT2D eigenvalue weighted by Crippen LogP contribution is -2.30. The summed E-state index contributed by atoms with van der Waals surface area (Å²) in [5.41, 5.74) is -1.15. The molecule has 0 aliphatic carbocycles. The van der Waals surface area contributed by atoms with Crippen LogP contribution >= 0.6 is 22.6 Å². The standard InChI is InChI=1S/C25H20F2IN5O3/c1-4-10-33-24(35)19-22(30-18-9-8-15(28)12-17(18)26)20(27)25(36)32(3)23(19)21(31-33)14-6-5-7-16(11-14)29-13(2)34/h4-9,11-12,30H,1,10H2,2-3H3,(H,29,34). The third kappa shape index (κ3) is 4.65. The van der Waals surface area contributed by atoms with Crippen molar-refractivity contribution in [2.24, 2.45) is 7.05 Å². The van der Waals surface area contributed by atoms with Gasteiger partial charge in [-0.2, -0.15) is 9.49 Å². The summed E-state index contributed by atoms with van der Waals surface area (Å²) in [5.74, 6) is -2.21. The number of aryl methyl sites for hydroxylation is 1. The Hall–Kier alpha value is -3.87. The zero-order valence-electron chi connectivity index (χ0n) is 19.2. The van der Waals surface area contributed by atoms with Crippen LogP contribution in [0.3, 0.4) is 0 Å². The summed E-state index contributed by atoms with van der Waals surface area (Å²) in [6.07, 6.45) is 1.45. The van der Waals surface area contributed by atoms with Gasteiger partial charge in [0.1, 0.15) is 11.5 Å². The van der Waals surface area contributed by atoms with E-state index >= 15 is 4.39 Å². The second-order valence-corrected chi connectivity index (χ2v) is 9.16. The average molecular weight is 603 g/mol. The second-order valence-electron chi connectivity index (χ2n) is 7.91. The van der Waals surface area contributed by atoms with Crippen molar-refractivity contribution in [1.82, 2.24) is 14.3 Å². The van der Waals surface area contributed by atoms with Gasteiger partial charge in [0.05, 0.1) is 28.8 Å². The molecule has 0 aliphatic heterocycles. The van der Waals surface area contributed by atoms with E-state index in [1.54, 1.807) is 30.3 Å². The molecule has 2 N–H and O–H groups in total. The molecule has 0 aliphatic rings. The Bertz CT molecular complexity index is 1660. The second kappa shape index (κ2) is 10.0. The van der Waals surface area contributed by atoms with Gasteiger partial charge in [-0.15, -0.1) is 6.58 Å². The number of halogens is 3. The van der Waals surface area contributed by atoms with Gasteiger partial charge in [-0.3, -0.25) is 14.4 Å². The van der Waals surface area contributed by atoms with E-state index in [-0.39, 0.29) is 34.7 Å². The number of amides is 1. The lowest BCUT2D eigenvalue weighted by Gasteiger charge is -2.18. The summed E-state index contributed by atoms with van der Waals surface area (Å²) in [7, 11) is 1.32. The molecule has 0 unspecified atom stereocenters. The Balaban J connectivity index is 2.11. The van der Waals surface area contributed by atoms with E-state index in [1.165, 1.54) is 32.2 Å². The number of anilines is 3. The van der Waals surface area contributed by atoms with Crippen LogP contribution in [-0.4, -0.2) is 20.3 Å². The quantitative estimate of drug-likeness (QED) is 0.250. The van der Waals surface area contributed by atoms with Crippen molar-refractivity contribution in [2.75, 3.05) is 10.6 Å². The van der Waals surface area contributed by atoms with Crippen LogP contribution < -0.4 is 21.8 Å². The van der Waals surface area contributed by atoms with Gasteiger partial charge < -0.3 is 15.2 Å². The van der Waals surface area contributed by atoms with Crippen molar-refractivity contribution in [3.05, 3.63) is 91.0 Å². The molecule has 0 atom stereocenters. The Morgan fingerprint density at radius 1 is 1.17 bits per heavy atom. The van der Waals surface area contributed by atoms with E-state index in [1.807, 2.05) is 22.6 Å². The molecular weight excluding hydrogens is 583 g/mol. The fourth-order valence-corrected chi connectivity index (χ4v) is 4.26. The molecule has 11 heteroatoms. The molecule has 2 aromatic heterocycles. The Kier molecular flexibility index (Phi) is 7.02. The van der Waals surface area contributed by atoms with Gasteiger partial charge in [0.25, 0.3) is 11.1 Å². The first-order valence-electron chi connectivity index (χ1n) is 10.7.